The first-order chi connectivity index (χ1) is 16.5. The molecule has 1 fully saturated rings. The molecule has 1 amide bonds. The van der Waals surface area contributed by atoms with Gasteiger partial charge in [-0.2, -0.15) is 0 Å². The average molecular weight is 460 g/mol. The van der Waals surface area contributed by atoms with Crippen molar-refractivity contribution in [3.8, 4) is 0 Å². The van der Waals surface area contributed by atoms with Crippen molar-refractivity contribution in [2.24, 2.45) is 0 Å². The van der Waals surface area contributed by atoms with Crippen LogP contribution >= 0.6 is 0 Å². The van der Waals surface area contributed by atoms with Crippen molar-refractivity contribution < 1.29 is 9.18 Å². The first kappa shape index (κ1) is 24.0. The van der Waals surface area contributed by atoms with Crippen LogP contribution in [0.1, 0.15) is 35.1 Å². The summed E-state index contributed by atoms with van der Waals surface area (Å²) in [7, 11) is 0. The van der Waals surface area contributed by atoms with Gasteiger partial charge in [0.25, 0.3) is 0 Å². The lowest BCUT2D eigenvalue weighted by Crippen LogP contribution is -2.46. The first-order valence-corrected chi connectivity index (χ1v) is 12.1. The smallest absolute Gasteiger partial charge is 0.224 e. The SMILES string of the molecule is Cc1cccc(C)c1NC(=O)CCCN1CCN(c2ccc(Cc3ccc(F)cc3)cc2)CC1. The number of amides is 1. The summed E-state index contributed by atoms with van der Waals surface area (Å²) in [5, 5.41) is 3.08. The lowest BCUT2D eigenvalue weighted by molar-refractivity contribution is -0.116. The summed E-state index contributed by atoms with van der Waals surface area (Å²) in [6.07, 6.45) is 2.23. The maximum atomic E-state index is 13.1. The molecule has 1 heterocycles. The van der Waals surface area contributed by atoms with Gasteiger partial charge in [-0.15, -0.1) is 0 Å². The van der Waals surface area contributed by atoms with Crippen molar-refractivity contribution in [2.75, 3.05) is 42.9 Å². The van der Waals surface area contributed by atoms with Gasteiger partial charge in [0.2, 0.25) is 5.91 Å². The van der Waals surface area contributed by atoms with Gasteiger partial charge in [0.1, 0.15) is 5.82 Å². The van der Waals surface area contributed by atoms with E-state index in [0.29, 0.717) is 6.42 Å². The minimum absolute atomic E-state index is 0.0942. The molecule has 0 saturated carbocycles. The molecule has 0 atom stereocenters. The normalized spacial score (nSPS) is 14.3. The largest absolute Gasteiger partial charge is 0.369 e. The van der Waals surface area contributed by atoms with Crippen molar-refractivity contribution >= 4 is 17.3 Å². The highest BCUT2D eigenvalue weighted by Crippen LogP contribution is 2.21. The molecular weight excluding hydrogens is 425 g/mol. The van der Waals surface area contributed by atoms with E-state index in [1.807, 2.05) is 44.2 Å². The molecule has 1 saturated heterocycles. The lowest BCUT2D eigenvalue weighted by Gasteiger charge is -2.36. The predicted molar refractivity (Wildman–Crippen MR) is 138 cm³/mol. The number of hydrogen-bond donors (Lipinski definition) is 1. The van der Waals surface area contributed by atoms with E-state index in [1.165, 1.54) is 23.4 Å². The number of piperazine rings is 1. The van der Waals surface area contributed by atoms with Crippen LogP contribution in [0.5, 0.6) is 0 Å². The highest BCUT2D eigenvalue weighted by atomic mass is 19.1. The number of rotatable bonds is 8. The van der Waals surface area contributed by atoms with E-state index < -0.39 is 0 Å². The van der Waals surface area contributed by atoms with Crippen molar-refractivity contribution in [2.45, 2.75) is 33.1 Å². The predicted octanol–water partition coefficient (Wildman–Crippen LogP) is 5.57. The van der Waals surface area contributed by atoms with Crippen molar-refractivity contribution in [3.05, 3.63) is 94.8 Å². The average Bonchev–Trinajstić information content (AvgIpc) is 2.84. The number of nitrogens with zero attached hydrogens (tertiary/aromatic N) is 2. The summed E-state index contributed by atoms with van der Waals surface area (Å²) < 4.78 is 13.1. The van der Waals surface area contributed by atoms with Gasteiger partial charge < -0.3 is 10.2 Å². The van der Waals surface area contributed by atoms with Gasteiger partial charge in [-0.3, -0.25) is 9.69 Å². The van der Waals surface area contributed by atoms with E-state index in [-0.39, 0.29) is 11.7 Å². The molecule has 0 aliphatic carbocycles. The molecule has 3 aromatic rings. The molecule has 178 valence electrons. The van der Waals surface area contributed by atoms with Crippen LogP contribution in [0.25, 0.3) is 0 Å². The number of benzene rings is 3. The summed E-state index contributed by atoms with van der Waals surface area (Å²) in [5.74, 6) is -0.101. The lowest BCUT2D eigenvalue weighted by atomic mass is 10.0. The van der Waals surface area contributed by atoms with E-state index >= 15 is 0 Å². The second-order valence-electron chi connectivity index (χ2n) is 9.22. The van der Waals surface area contributed by atoms with E-state index in [0.717, 1.165) is 67.9 Å². The van der Waals surface area contributed by atoms with E-state index in [1.54, 1.807) is 0 Å². The maximum Gasteiger partial charge on any atom is 0.224 e. The van der Waals surface area contributed by atoms with E-state index in [4.69, 9.17) is 0 Å². The van der Waals surface area contributed by atoms with Crippen molar-refractivity contribution in [1.29, 1.82) is 0 Å². The Hall–Kier alpha value is -3.18. The number of anilines is 2. The Kier molecular flexibility index (Phi) is 7.96. The molecule has 1 aliphatic heterocycles. The monoisotopic (exact) mass is 459 g/mol. The third-order valence-electron chi connectivity index (χ3n) is 6.62. The number of carbonyl (C=O) groups excluding carboxylic acids is 1. The zero-order valence-electron chi connectivity index (χ0n) is 20.2. The Balaban J connectivity index is 1.18. The second kappa shape index (κ2) is 11.3. The van der Waals surface area contributed by atoms with Crippen LogP contribution in [0.2, 0.25) is 0 Å². The first-order valence-electron chi connectivity index (χ1n) is 12.1. The van der Waals surface area contributed by atoms with Gasteiger partial charge >= 0.3 is 0 Å². The number of aryl methyl sites for hydroxylation is 2. The van der Waals surface area contributed by atoms with Crippen LogP contribution in [0.3, 0.4) is 0 Å². The summed E-state index contributed by atoms with van der Waals surface area (Å²) in [6.45, 7) is 9.01. The number of hydrogen-bond acceptors (Lipinski definition) is 3. The van der Waals surface area contributed by atoms with Gasteiger partial charge in [-0.1, -0.05) is 42.5 Å². The molecule has 5 heteroatoms. The van der Waals surface area contributed by atoms with Gasteiger partial charge in [0, 0.05) is 44.0 Å². The molecule has 0 aromatic heterocycles. The van der Waals surface area contributed by atoms with Crippen LogP contribution in [0.15, 0.2) is 66.7 Å². The Morgan fingerprint density at radius 1 is 0.853 bits per heavy atom. The third kappa shape index (κ3) is 6.45. The number of nitrogens with one attached hydrogen (secondary N) is 1. The molecule has 0 spiro atoms. The van der Waals surface area contributed by atoms with Gasteiger partial charge in [-0.25, -0.2) is 4.39 Å². The van der Waals surface area contributed by atoms with Gasteiger partial charge in [-0.05, 0) is 79.8 Å². The summed E-state index contributed by atoms with van der Waals surface area (Å²) >= 11 is 0. The zero-order chi connectivity index (χ0) is 23.9. The molecule has 4 rings (SSSR count). The summed E-state index contributed by atoms with van der Waals surface area (Å²) in [4.78, 5) is 17.3. The van der Waals surface area contributed by atoms with Crippen molar-refractivity contribution in [1.82, 2.24) is 4.90 Å². The number of carbonyl (C=O) groups is 1. The molecule has 0 radical (unpaired) electrons. The van der Waals surface area contributed by atoms with Crippen LogP contribution in [-0.2, 0) is 11.2 Å². The molecule has 1 aliphatic rings. The minimum atomic E-state index is -0.196. The Morgan fingerprint density at radius 2 is 1.44 bits per heavy atom. The van der Waals surface area contributed by atoms with E-state index in [2.05, 4.69) is 39.4 Å². The molecular formula is C29H34FN3O. The molecule has 1 N–H and O–H groups in total. The summed E-state index contributed by atoms with van der Waals surface area (Å²) in [5.41, 5.74) is 6.75. The highest BCUT2D eigenvalue weighted by Gasteiger charge is 2.17. The molecule has 4 nitrogen and oxygen atoms in total. The van der Waals surface area contributed by atoms with Crippen LogP contribution in [0.4, 0.5) is 15.8 Å². The quantitative estimate of drug-likeness (QED) is 0.478. The van der Waals surface area contributed by atoms with Crippen LogP contribution < -0.4 is 10.2 Å². The second-order valence-corrected chi connectivity index (χ2v) is 9.22. The van der Waals surface area contributed by atoms with E-state index in [9.17, 15) is 9.18 Å². The Bertz CT molecular complexity index is 1070. The summed E-state index contributed by atoms with van der Waals surface area (Å²) in [6, 6.07) is 21.5. The standard InChI is InChI=1S/C29H34FN3O/c1-22-5-3-6-23(2)29(22)31-28(34)7-4-16-32-17-19-33(20-18-32)27-14-10-25(11-15-27)21-24-8-12-26(30)13-9-24/h3,5-6,8-15H,4,7,16-21H2,1-2H3,(H,31,34). The molecule has 0 bridgehead atoms. The minimum Gasteiger partial charge on any atom is -0.369 e. The highest BCUT2D eigenvalue weighted by molar-refractivity contribution is 5.92. The zero-order valence-corrected chi connectivity index (χ0v) is 20.2. The molecule has 3 aromatic carbocycles. The maximum absolute atomic E-state index is 13.1. The Labute approximate surface area is 202 Å². The molecule has 34 heavy (non-hydrogen) atoms. The van der Waals surface area contributed by atoms with Gasteiger partial charge in [0.15, 0.2) is 0 Å². The fraction of sp³-hybridized carbons (Fsp3) is 0.345. The fourth-order valence-electron chi connectivity index (χ4n) is 4.57. The van der Waals surface area contributed by atoms with Gasteiger partial charge in [0.05, 0.1) is 0 Å². The molecule has 0 unspecified atom stereocenters. The van der Waals surface area contributed by atoms with Crippen LogP contribution in [-0.4, -0.2) is 43.5 Å². The number of para-hydroxylation sites is 1. The fourth-order valence-corrected chi connectivity index (χ4v) is 4.57. The van der Waals surface area contributed by atoms with Crippen LogP contribution in [0, 0.1) is 19.7 Å². The number of halogens is 1. The van der Waals surface area contributed by atoms with Crippen molar-refractivity contribution in [3.63, 3.8) is 0 Å². The Morgan fingerprint density at radius 3 is 2.06 bits per heavy atom. The topological polar surface area (TPSA) is 35.6 Å². The third-order valence-corrected chi connectivity index (χ3v) is 6.62.